The number of benzene rings is 2. The summed E-state index contributed by atoms with van der Waals surface area (Å²) in [7, 11) is 0. The summed E-state index contributed by atoms with van der Waals surface area (Å²) in [5.41, 5.74) is 3.22. The van der Waals surface area contributed by atoms with Gasteiger partial charge in [0, 0.05) is 42.0 Å². The number of hydrogen-bond acceptors (Lipinski definition) is 7. The van der Waals surface area contributed by atoms with Crippen LogP contribution in [0, 0.1) is 0 Å². The Kier molecular flexibility index (Phi) is 7.83. The van der Waals surface area contributed by atoms with Crippen LogP contribution >= 0.6 is 11.8 Å². The highest BCUT2D eigenvalue weighted by molar-refractivity contribution is 7.99. The molecule has 0 aliphatic heterocycles. The lowest BCUT2D eigenvalue weighted by atomic mass is 10.1. The largest absolute Gasteiger partial charge is 0.411 e. The fourth-order valence-corrected chi connectivity index (χ4v) is 3.65. The van der Waals surface area contributed by atoms with E-state index in [0.717, 1.165) is 24.3 Å². The van der Waals surface area contributed by atoms with Crippen LogP contribution in [0.3, 0.4) is 0 Å². The summed E-state index contributed by atoms with van der Waals surface area (Å²) in [6, 6.07) is 14.8. The van der Waals surface area contributed by atoms with E-state index in [1.807, 2.05) is 24.3 Å². The molecule has 0 spiro atoms. The van der Waals surface area contributed by atoms with E-state index < -0.39 is 0 Å². The van der Waals surface area contributed by atoms with E-state index in [-0.39, 0.29) is 17.4 Å². The molecule has 1 heterocycles. The zero-order chi connectivity index (χ0) is 22.2. The van der Waals surface area contributed by atoms with Gasteiger partial charge in [0.2, 0.25) is 11.8 Å². The summed E-state index contributed by atoms with van der Waals surface area (Å²) in [5, 5.41) is 11.2. The molecular weight excluding hydrogens is 412 g/mol. The van der Waals surface area contributed by atoms with Gasteiger partial charge in [-0.15, -0.1) is 10.2 Å². The van der Waals surface area contributed by atoms with Gasteiger partial charge in [-0.1, -0.05) is 18.7 Å². The van der Waals surface area contributed by atoms with E-state index in [2.05, 4.69) is 34.3 Å². The topological polar surface area (TPSA) is 88.3 Å². The van der Waals surface area contributed by atoms with Gasteiger partial charge in [-0.25, -0.2) is 0 Å². The Morgan fingerprint density at radius 2 is 1.65 bits per heavy atom. The highest BCUT2D eigenvalue weighted by atomic mass is 32.2. The Labute approximate surface area is 186 Å². The summed E-state index contributed by atoms with van der Waals surface area (Å²) < 4.78 is 5.71. The first-order valence-electron chi connectivity index (χ1n) is 10.3. The normalized spacial score (nSPS) is 10.7. The fraction of sp³-hybridized carbons (Fsp3) is 0.304. The molecule has 0 fully saturated rings. The van der Waals surface area contributed by atoms with Crippen molar-refractivity contribution in [2.75, 3.05) is 29.1 Å². The predicted octanol–water partition coefficient (Wildman–Crippen LogP) is 4.91. The summed E-state index contributed by atoms with van der Waals surface area (Å²) in [6.07, 6.45) is 0.406. The van der Waals surface area contributed by atoms with Gasteiger partial charge in [-0.3, -0.25) is 9.59 Å². The first kappa shape index (κ1) is 22.6. The quantitative estimate of drug-likeness (QED) is 0.355. The Bertz CT molecular complexity index is 1010. The Balaban J connectivity index is 1.57. The number of amides is 1. The second-order valence-electron chi connectivity index (χ2n) is 6.78. The molecule has 0 aliphatic carbocycles. The highest BCUT2D eigenvalue weighted by Gasteiger charge is 2.13. The third kappa shape index (κ3) is 5.95. The van der Waals surface area contributed by atoms with Gasteiger partial charge < -0.3 is 14.6 Å². The van der Waals surface area contributed by atoms with E-state index in [1.165, 1.54) is 11.8 Å². The van der Waals surface area contributed by atoms with Crippen LogP contribution in [0.25, 0.3) is 11.5 Å². The molecule has 1 N–H and O–H groups in total. The lowest BCUT2D eigenvalue weighted by Crippen LogP contribution is -2.21. The Morgan fingerprint density at radius 3 is 2.26 bits per heavy atom. The molecule has 8 heteroatoms. The van der Waals surface area contributed by atoms with Crippen molar-refractivity contribution in [2.45, 2.75) is 32.4 Å². The second-order valence-corrected chi connectivity index (χ2v) is 7.71. The van der Waals surface area contributed by atoms with Crippen molar-refractivity contribution < 1.29 is 14.0 Å². The smallest absolute Gasteiger partial charge is 0.277 e. The molecular formula is C23H26N4O3S. The van der Waals surface area contributed by atoms with E-state index in [1.54, 1.807) is 31.2 Å². The van der Waals surface area contributed by atoms with E-state index in [9.17, 15) is 9.59 Å². The van der Waals surface area contributed by atoms with Crippen LogP contribution in [-0.4, -0.2) is 40.7 Å². The van der Waals surface area contributed by atoms with Crippen molar-refractivity contribution in [3.63, 3.8) is 0 Å². The van der Waals surface area contributed by atoms with Crippen molar-refractivity contribution in [1.82, 2.24) is 10.2 Å². The van der Waals surface area contributed by atoms with Gasteiger partial charge in [0.15, 0.2) is 5.78 Å². The molecule has 7 nitrogen and oxygen atoms in total. The molecule has 162 valence electrons. The number of carbonyl (C=O) groups excluding carboxylic acids is 2. The number of ketones is 1. The third-order valence-electron chi connectivity index (χ3n) is 4.79. The van der Waals surface area contributed by atoms with Crippen molar-refractivity contribution in [1.29, 1.82) is 0 Å². The minimum Gasteiger partial charge on any atom is -0.411 e. The number of rotatable bonds is 10. The monoisotopic (exact) mass is 438 g/mol. The minimum atomic E-state index is -0.0653. The molecule has 0 aliphatic rings. The van der Waals surface area contributed by atoms with Crippen molar-refractivity contribution in [3.8, 4) is 11.5 Å². The summed E-state index contributed by atoms with van der Waals surface area (Å²) >= 11 is 1.20. The predicted molar refractivity (Wildman–Crippen MR) is 124 cm³/mol. The van der Waals surface area contributed by atoms with Crippen LogP contribution in [0.4, 0.5) is 11.4 Å². The number of Topliss-reactive ketones (excluding diaryl/α,β-unsaturated/α-hetero) is 1. The average Bonchev–Trinajstić information content (AvgIpc) is 3.28. The van der Waals surface area contributed by atoms with E-state index >= 15 is 0 Å². The maximum Gasteiger partial charge on any atom is 0.277 e. The minimum absolute atomic E-state index is 0.0540. The van der Waals surface area contributed by atoms with Gasteiger partial charge in [0.1, 0.15) is 0 Å². The number of carbonyl (C=O) groups is 2. The molecule has 0 radical (unpaired) electrons. The SMILES string of the molecule is CCC(=O)Nc1ccc(C(=O)CSc2nnc(-c3ccc(N(CC)CC)cc3)o2)cc1. The third-order valence-corrected chi connectivity index (χ3v) is 5.61. The van der Waals surface area contributed by atoms with Crippen LogP contribution in [0.15, 0.2) is 58.2 Å². The average molecular weight is 439 g/mol. The molecule has 0 saturated carbocycles. The molecule has 1 aromatic heterocycles. The molecule has 3 rings (SSSR count). The van der Waals surface area contributed by atoms with Gasteiger partial charge in [0.05, 0.1) is 5.75 Å². The molecule has 3 aromatic rings. The van der Waals surface area contributed by atoms with Crippen molar-refractivity contribution in [3.05, 3.63) is 54.1 Å². The van der Waals surface area contributed by atoms with Crippen molar-refractivity contribution in [2.24, 2.45) is 0 Å². The lowest BCUT2D eigenvalue weighted by molar-refractivity contribution is -0.115. The number of thioether (sulfide) groups is 1. The first-order valence-corrected chi connectivity index (χ1v) is 11.3. The number of nitrogens with zero attached hydrogens (tertiary/aromatic N) is 3. The summed E-state index contributed by atoms with van der Waals surface area (Å²) in [4.78, 5) is 26.1. The number of anilines is 2. The van der Waals surface area contributed by atoms with Gasteiger partial charge in [-0.05, 0) is 62.4 Å². The summed E-state index contributed by atoms with van der Waals surface area (Å²) in [6.45, 7) is 7.93. The maximum atomic E-state index is 12.4. The second kappa shape index (κ2) is 10.8. The lowest BCUT2D eigenvalue weighted by Gasteiger charge is -2.20. The molecule has 0 bridgehead atoms. The van der Waals surface area contributed by atoms with E-state index in [0.29, 0.717) is 28.8 Å². The standard InChI is InChI=1S/C23H26N4O3S/c1-4-21(29)24-18-11-7-16(8-12-18)20(28)15-31-23-26-25-22(30-23)17-9-13-19(14-10-17)27(5-2)6-3/h7-14H,4-6,15H2,1-3H3,(H,24,29). The van der Waals surface area contributed by atoms with Gasteiger partial charge >= 0.3 is 0 Å². The van der Waals surface area contributed by atoms with Crippen LogP contribution < -0.4 is 10.2 Å². The Morgan fingerprint density at radius 1 is 0.968 bits per heavy atom. The van der Waals surface area contributed by atoms with Crippen molar-refractivity contribution >= 4 is 34.8 Å². The van der Waals surface area contributed by atoms with Crippen LogP contribution in [0.5, 0.6) is 0 Å². The molecule has 31 heavy (non-hydrogen) atoms. The Hall–Kier alpha value is -3.13. The molecule has 0 atom stereocenters. The van der Waals surface area contributed by atoms with Crippen LogP contribution in [0.2, 0.25) is 0 Å². The summed E-state index contributed by atoms with van der Waals surface area (Å²) in [5.74, 6) is 0.492. The van der Waals surface area contributed by atoms with Gasteiger partial charge in [0.25, 0.3) is 5.22 Å². The van der Waals surface area contributed by atoms with Crippen LogP contribution in [0.1, 0.15) is 37.6 Å². The molecule has 1 amide bonds. The van der Waals surface area contributed by atoms with Gasteiger partial charge in [-0.2, -0.15) is 0 Å². The zero-order valence-corrected chi connectivity index (χ0v) is 18.7. The molecule has 0 unspecified atom stereocenters. The van der Waals surface area contributed by atoms with Crippen LogP contribution in [-0.2, 0) is 4.79 Å². The zero-order valence-electron chi connectivity index (χ0n) is 17.9. The van der Waals surface area contributed by atoms with E-state index in [4.69, 9.17) is 4.42 Å². The molecule has 2 aromatic carbocycles. The maximum absolute atomic E-state index is 12.4. The number of hydrogen-bond donors (Lipinski definition) is 1. The number of aromatic nitrogens is 2. The first-order chi connectivity index (χ1) is 15.0. The molecule has 0 saturated heterocycles. The number of nitrogens with one attached hydrogen (secondary N) is 1. The fourth-order valence-electron chi connectivity index (χ4n) is 2.99. The highest BCUT2D eigenvalue weighted by Crippen LogP contribution is 2.26.